The van der Waals surface area contributed by atoms with Crippen LogP contribution < -0.4 is 4.84 Å². The van der Waals surface area contributed by atoms with E-state index in [-0.39, 0.29) is 6.04 Å². The van der Waals surface area contributed by atoms with Crippen LogP contribution in [0.15, 0.2) is 60.2 Å². The van der Waals surface area contributed by atoms with Gasteiger partial charge in [0.2, 0.25) is 0 Å². The highest BCUT2D eigenvalue weighted by atomic mass is 35.5. The number of hydrogen-bond donors (Lipinski definition) is 1. The second-order valence-electron chi connectivity index (χ2n) is 3.39. The quantitative estimate of drug-likeness (QED) is 0.750. The Morgan fingerprint density at radius 3 is 2.67 bits per heavy atom. The van der Waals surface area contributed by atoms with E-state index in [2.05, 4.69) is 29.1 Å². The van der Waals surface area contributed by atoms with Crippen LogP contribution in [0.5, 0.6) is 0 Å². The van der Waals surface area contributed by atoms with Gasteiger partial charge in [0.05, 0.1) is 6.04 Å². The summed E-state index contributed by atoms with van der Waals surface area (Å²) in [5.74, 6) is 0. The number of benzene rings is 1. The van der Waals surface area contributed by atoms with Gasteiger partial charge in [-0.05, 0) is 29.0 Å². The van der Waals surface area contributed by atoms with Crippen LogP contribution in [0, 0.1) is 0 Å². The molecule has 0 aromatic heterocycles. The van der Waals surface area contributed by atoms with Crippen LogP contribution >= 0.6 is 11.8 Å². The summed E-state index contributed by atoms with van der Waals surface area (Å²) in [5, 5.41) is 0. The summed E-state index contributed by atoms with van der Waals surface area (Å²) in [6.07, 6.45) is 10.2. The van der Waals surface area contributed by atoms with Crippen molar-refractivity contribution in [2.24, 2.45) is 0 Å². The minimum absolute atomic E-state index is 0.0943. The van der Waals surface area contributed by atoms with Crippen molar-refractivity contribution in [2.75, 3.05) is 0 Å². The van der Waals surface area contributed by atoms with Crippen molar-refractivity contribution in [3.63, 3.8) is 0 Å². The maximum Gasteiger partial charge on any atom is 0.0654 e. The van der Waals surface area contributed by atoms with E-state index in [0.29, 0.717) is 0 Å². The molecule has 0 amide bonds. The van der Waals surface area contributed by atoms with E-state index >= 15 is 0 Å². The smallest absolute Gasteiger partial charge is 0.0654 e. The molecule has 1 aromatic rings. The number of rotatable bonds is 2. The molecule has 2 rings (SSSR count). The summed E-state index contributed by atoms with van der Waals surface area (Å²) in [5.41, 5.74) is 2.35. The molecule has 0 radical (unpaired) electrons. The van der Waals surface area contributed by atoms with Crippen molar-refractivity contribution in [2.45, 2.75) is 6.04 Å². The summed E-state index contributed by atoms with van der Waals surface area (Å²) in [7, 11) is 0. The molecule has 1 unspecified atom stereocenters. The fraction of sp³-hybridized carbons (Fsp3) is 0.0769. The van der Waals surface area contributed by atoms with Crippen molar-refractivity contribution < 1.29 is 0 Å². The fourth-order valence-electron chi connectivity index (χ4n) is 1.54. The van der Waals surface area contributed by atoms with E-state index in [0.717, 1.165) is 0 Å². The van der Waals surface area contributed by atoms with Crippen molar-refractivity contribution in [3.8, 4) is 0 Å². The van der Waals surface area contributed by atoms with Gasteiger partial charge in [0, 0.05) is 0 Å². The van der Waals surface area contributed by atoms with Crippen molar-refractivity contribution in [1.82, 2.24) is 4.84 Å². The minimum atomic E-state index is 0.0943. The van der Waals surface area contributed by atoms with Gasteiger partial charge in [-0.1, -0.05) is 54.6 Å². The highest BCUT2D eigenvalue weighted by Gasteiger charge is 2.08. The minimum Gasteiger partial charge on any atom is -0.222 e. The third kappa shape index (κ3) is 2.58. The van der Waals surface area contributed by atoms with Crippen molar-refractivity contribution in [1.29, 1.82) is 0 Å². The van der Waals surface area contributed by atoms with Gasteiger partial charge >= 0.3 is 0 Å². The van der Waals surface area contributed by atoms with Gasteiger partial charge in [0.1, 0.15) is 0 Å². The maximum atomic E-state index is 5.67. The first kappa shape index (κ1) is 10.2. The Labute approximate surface area is 94.9 Å². The number of nitrogens with one attached hydrogen (secondary N) is 1. The molecule has 1 N–H and O–H groups in total. The van der Waals surface area contributed by atoms with Crippen molar-refractivity contribution in [3.05, 3.63) is 65.8 Å². The van der Waals surface area contributed by atoms with E-state index in [9.17, 15) is 0 Å². The van der Waals surface area contributed by atoms with Crippen LogP contribution in [0.3, 0.4) is 0 Å². The van der Waals surface area contributed by atoms with Gasteiger partial charge < -0.3 is 0 Å². The zero-order chi connectivity index (χ0) is 10.5. The van der Waals surface area contributed by atoms with Gasteiger partial charge in [-0.25, -0.2) is 4.84 Å². The predicted octanol–water partition coefficient (Wildman–Crippen LogP) is 3.31. The van der Waals surface area contributed by atoms with Crippen LogP contribution in [-0.2, 0) is 0 Å². The number of halogens is 1. The lowest BCUT2D eigenvalue weighted by atomic mass is 10.0. The van der Waals surface area contributed by atoms with E-state index in [1.54, 1.807) is 0 Å². The van der Waals surface area contributed by atoms with Crippen LogP contribution in [0.4, 0.5) is 0 Å². The Morgan fingerprint density at radius 2 is 1.93 bits per heavy atom. The standard InChI is InChI=1S/C13H12ClN/c14-15-13-9-5-4-8-12(13)10-11-6-2-1-3-7-11/h1-10,13,15H. The molecule has 0 spiro atoms. The van der Waals surface area contributed by atoms with E-state index in [4.69, 9.17) is 11.8 Å². The Morgan fingerprint density at radius 1 is 1.13 bits per heavy atom. The molecule has 1 aliphatic carbocycles. The molecule has 0 heterocycles. The summed E-state index contributed by atoms with van der Waals surface area (Å²) < 4.78 is 0. The van der Waals surface area contributed by atoms with Crippen LogP contribution in [0.25, 0.3) is 6.08 Å². The number of hydrogen-bond acceptors (Lipinski definition) is 1. The Bertz CT molecular complexity index is 404. The summed E-state index contributed by atoms with van der Waals surface area (Å²) in [4.78, 5) is 2.74. The van der Waals surface area contributed by atoms with E-state index < -0.39 is 0 Å². The molecule has 0 saturated carbocycles. The Kier molecular flexibility index (Phi) is 3.38. The molecule has 0 aliphatic heterocycles. The highest BCUT2D eigenvalue weighted by Crippen LogP contribution is 2.16. The molecular weight excluding hydrogens is 206 g/mol. The molecule has 0 fully saturated rings. The zero-order valence-electron chi connectivity index (χ0n) is 8.23. The Hall–Kier alpha value is -1.31. The first-order valence-electron chi connectivity index (χ1n) is 4.88. The maximum absolute atomic E-state index is 5.67. The molecule has 76 valence electrons. The molecule has 1 aromatic carbocycles. The van der Waals surface area contributed by atoms with Gasteiger partial charge in [-0.3, -0.25) is 0 Å². The molecule has 2 heteroatoms. The summed E-state index contributed by atoms with van der Waals surface area (Å²) in [6.45, 7) is 0. The highest BCUT2D eigenvalue weighted by molar-refractivity contribution is 6.14. The second-order valence-corrected chi connectivity index (χ2v) is 3.60. The molecule has 15 heavy (non-hydrogen) atoms. The molecule has 0 saturated heterocycles. The third-order valence-electron chi connectivity index (χ3n) is 2.31. The van der Waals surface area contributed by atoms with Gasteiger partial charge in [0.15, 0.2) is 0 Å². The van der Waals surface area contributed by atoms with Crippen LogP contribution in [0.2, 0.25) is 0 Å². The van der Waals surface area contributed by atoms with E-state index in [1.165, 1.54) is 11.1 Å². The average Bonchev–Trinajstić information content (AvgIpc) is 2.31. The molecule has 1 aliphatic rings. The fourth-order valence-corrected chi connectivity index (χ4v) is 1.73. The molecule has 1 atom stereocenters. The van der Waals surface area contributed by atoms with Gasteiger partial charge in [-0.2, -0.15) is 0 Å². The zero-order valence-corrected chi connectivity index (χ0v) is 8.98. The van der Waals surface area contributed by atoms with E-state index in [1.807, 2.05) is 36.4 Å². The van der Waals surface area contributed by atoms with Gasteiger partial charge in [-0.15, -0.1) is 0 Å². The van der Waals surface area contributed by atoms with Crippen molar-refractivity contribution >= 4 is 17.9 Å². The van der Waals surface area contributed by atoms with Crippen LogP contribution in [-0.4, -0.2) is 6.04 Å². The largest absolute Gasteiger partial charge is 0.222 e. The topological polar surface area (TPSA) is 12.0 Å². The predicted molar refractivity (Wildman–Crippen MR) is 65.5 cm³/mol. The van der Waals surface area contributed by atoms with Gasteiger partial charge in [0.25, 0.3) is 0 Å². The molecule has 0 bridgehead atoms. The normalized spacial score (nSPS) is 22.2. The lowest BCUT2D eigenvalue weighted by Crippen LogP contribution is -2.20. The second kappa shape index (κ2) is 4.96. The first-order valence-corrected chi connectivity index (χ1v) is 5.25. The average molecular weight is 218 g/mol. The third-order valence-corrected chi connectivity index (χ3v) is 2.55. The summed E-state index contributed by atoms with van der Waals surface area (Å²) >= 11 is 5.67. The van der Waals surface area contributed by atoms with Crippen LogP contribution in [0.1, 0.15) is 5.56 Å². The molecule has 1 nitrogen and oxygen atoms in total. The molecular formula is C13H12ClN. The number of allylic oxidation sites excluding steroid dienone is 2. The lowest BCUT2D eigenvalue weighted by molar-refractivity contribution is 0.888. The monoisotopic (exact) mass is 217 g/mol. The Balaban J connectivity index is 2.26. The SMILES string of the molecule is ClNC1C=CC=CC1=Cc1ccccc1. The summed E-state index contributed by atoms with van der Waals surface area (Å²) in [6, 6.07) is 10.3. The first-order chi connectivity index (χ1) is 7.40. The lowest BCUT2D eigenvalue weighted by Gasteiger charge is -2.14.